The summed E-state index contributed by atoms with van der Waals surface area (Å²) in [5, 5.41) is 4.51. The van der Waals surface area contributed by atoms with Crippen LogP contribution in [0.3, 0.4) is 0 Å². The number of hydrogen-bond acceptors (Lipinski definition) is 3. The van der Waals surface area contributed by atoms with E-state index >= 15 is 0 Å². The number of nitrogen functional groups attached to an aromatic ring is 1. The van der Waals surface area contributed by atoms with Crippen molar-refractivity contribution in [2.45, 2.75) is 45.7 Å². The standard InChI is InChI=1S/C12H20N4/c1-3-16-12(11(13)8(2)14-16)15-7-9-4-5-10(15)6-9/h9-10H,3-7,13H2,1-2H3. The maximum Gasteiger partial charge on any atom is 0.150 e. The second-order valence-electron chi connectivity index (χ2n) is 5.12. The number of aryl methyl sites for hydroxylation is 2. The molecule has 2 fully saturated rings. The van der Waals surface area contributed by atoms with E-state index in [0.29, 0.717) is 6.04 Å². The Kier molecular flexibility index (Phi) is 2.13. The first-order chi connectivity index (χ1) is 7.70. The molecule has 3 rings (SSSR count). The normalized spacial score (nSPS) is 28.0. The van der Waals surface area contributed by atoms with Crippen LogP contribution in [-0.2, 0) is 6.54 Å². The molecule has 4 heteroatoms. The van der Waals surface area contributed by atoms with Crippen LogP contribution in [0.1, 0.15) is 31.9 Å². The van der Waals surface area contributed by atoms with Gasteiger partial charge in [0.25, 0.3) is 0 Å². The largest absolute Gasteiger partial charge is 0.394 e. The Labute approximate surface area is 96.4 Å². The molecule has 1 aromatic heterocycles. The molecule has 16 heavy (non-hydrogen) atoms. The lowest BCUT2D eigenvalue weighted by molar-refractivity contribution is 0.534. The van der Waals surface area contributed by atoms with Gasteiger partial charge in [0.2, 0.25) is 0 Å². The molecule has 2 aliphatic rings. The van der Waals surface area contributed by atoms with Crippen LogP contribution >= 0.6 is 0 Å². The zero-order valence-corrected chi connectivity index (χ0v) is 10.1. The van der Waals surface area contributed by atoms with E-state index in [-0.39, 0.29) is 0 Å². The summed E-state index contributed by atoms with van der Waals surface area (Å²) in [4.78, 5) is 2.49. The highest BCUT2D eigenvalue weighted by Gasteiger charge is 2.40. The second-order valence-corrected chi connectivity index (χ2v) is 5.12. The Bertz CT molecular complexity index is 409. The third-order valence-corrected chi connectivity index (χ3v) is 4.13. The lowest BCUT2D eigenvalue weighted by Crippen LogP contribution is -2.34. The number of piperidine rings is 1. The lowest BCUT2D eigenvalue weighted by Gasteiger charge is -2.29. The Morgan fingerprint density at radius 1 is 1.44 bits per heavy atom. The van der Waals surface area contributed by atoms with Crippen LogP contribution in [0.4, 0.5) is 11.5 Å². The average Bonchev–Trinajstić information content (AvgIpc) is 2.94. The quantitative estimate of drug-likeness (QED) is 0.826. The summed E-state index contributed by atoms with van der Waals surface area (Å²) in [6.45, 7) is 6.21. The Hall–Kier alpha value is -1.19. The zero-order chi connectivity index (χ0) is 11.3. The van der Waals surface area contributed by atoms with Gasteiger partial charge in [-0.1, -0.05) is 0 Å². The minimum Gasteiger partial charge on any atom is -0.394 e. The number of fused-ring (bicyclic) bond motifs is 2. The smallest absolute Gasteiger partial charge is 0.150 e. The van der Waals surface area contributed by atoms with Crippen molar-refractivity contribution in [1.29, 1.82) is 0 Å². The highest BCUT2D eigenvalue weighted by molar-refractivity contribution is 5.67. The third-order valence-electron chi connectivity index (χ3n) is 4.13. The number of anilines is 2. The van der Waals surface area contributed by atoms with E-state index in [1.54, 1.807) is 0 Å². The van der Waals surface area contributed by atoms with Crippen LogP contribution in [0.25, 0.3) is 0 Å². The topological polar surface area (TPSA) is 47.1 Å². The second kappa shape index (κ2) is 3.40. The Morgan fingerprint density at radius 2 is 2.25 bits per heavy atom. The molecule has 2 N–H and O–H groups in total. The predicted octanol–water partition coefficient (Wildman–Crippen LogP) is 1.78. The van der Waals surface area contributed by atoms with Crippen LogP contribution in [0, 0.1) is 12.8 Å². The minimum absolute atomic E-state index is 0.716. The fourth-order valence-corrected chi connectivity index (χ4v) is 3.29. The fourth-order valence-electron chi connectivity index (χ4n) is 3.29. The van der Waals surface area contributed by atoms with E-state index in [2.05, 4.69) is 21.6 Å². The monoisotopic (exact) mass is 220 g/mol. The van der Waals surface area contributed by atoms with Crippen molar-refractivity contribution >= 4 is 11.5 Å². The molecule has 2 unspecified atom stereocenters. The average molecular weight is 220 g/mol. The van der Waals surface area contributed by atoms with Crippen molar-refractivity contribution in [3.8, 4) is 0 Å². The maximum atomic E-state index is 6.17. The molecule has 1 saturated heterocycles. The third kappa shape index (κ3) is 1.25. The molecule has 0 aromatic carbocycles. The molecular formula is C12H20N4. The first-order valence-electron chi connectivity index (χ1n) is 6.30. The lowest BCUT2D eigenvalue weighted by atomic mass is 10.1. The maximum absolute atomic E-state index is 6.17. The molecule has 0 amide bonds. The summed E-state index contributed by atoms with van der Waals surface area (Å²) in [5.41, 5.74) is 8.02. The summed E-state index contributed by atoms with van der Waals surface area (Å²) in [5.74, 6) is 2.07. The van der Waals surface area contributed by atoms with Gasteiger partial charge in [0.15, 0.2) is 5.82 Å². The van der Waals surface area contributed by atoms with Gasteiger partial charge >= 0.3 is 0 Å². The number of aromatic nitrogens is 2. The number of hydrogen-bond donors (Lipinski definition) is 1. The molecule has 2 heterocycles. The van der Waals surface area contributed by atoms with E-state index < -0.39 is 0 Å². The van der Waals surface area contributed by atoms with Gasteiger partial charge < -0.3 is 10.6 Å². The molecule has 2 bridgehead atoms. The van der Waals surface area contributed by atoms with Crippen molar-refractivity contribution in [2.75, 3.05) is 17.2 Å². The summed E-state index contributed by atoms with van der Waals surface area (Å²) in [6, 6.07) is 0.716. The van der Waals surface area contributed by atoms with Gasteiger partial charge in [0, 0.05) is 19.1 Å². The SMILES string of the molecule is CCn1nc(C)c(N)c1N1CC2CCC1C2. The summed E-state index contributed by atoms with van der Waals surface area (Å²) in [6.07, 6.45) is 4.09. The van der Waals surface area contributed by atoms with E-state index in [1.165, 1.54) is 31.6 Å². The highest BCUT2D eigenvalue weighted by Crippen LogP contribution is 2.42. The zero-order valence-electron chi connectivity index (χ0n) is 10.1. The number of nitrogens with zero attached hydrogens (tertiary/aromatic N) is 3. The molecule has 1 aliphatic carbocycles. The Balaban J connectivity index is 1.99. The first kappa shape index (κ1) is 10.00. The summed E-state index contributed by atoms with van der Waals surface area (Å²) < 4.78 is 2.06. The van der Waals surface area contributed by atoms with Crippen molar-refractivity contribution in [3.05, 3.63) is 5.69 Å². The van der Waals surface area contributed by atoms with Gasteiger partial charge in [0.05, 0.1) is 11.4 Å². The van der Waals surface area contributed by atoms with Crippen molar-refractivity contribution in [2.24, 2.45) is 5.92 Å². The van der Waals surface area contributed by atoms with Gasteiger partial charge in [-0.15, -0.1) is 0 Å². The van der Waals surface area contributed by atoms with Gasteiger partial charge in [-0.2, -0.15) is 5.10 Å². The van der Waals surface area contributed by atoms with E-state index in [1.807, 2.05) is 6.92 Å². The molecule has 4 nitrogen and oxygen atoms in total. The van der Waals surface area contributed by atoms with E-state index in [0.717, 1.165) is 23.8 Å². The molecule has 1 saturated carbocycles. The molecule has 2 atom stereocenters. The van der Waals surface area contributed by atoms with Crippen LogP contribution in [0.5, 0.6) is 0 Å². The summed E-state index contributed by atoms with van der Waals surface area (Å²) in [7, 11) is 0. The van der Waals surface area contributed by atoms with Crippen molar-refractivity contribution in [3.63, 3.8) is 0 Å². The van der Waals surface area contributed by atoms with E-state index in [9.17, 15) is 0 Å². The van der Waals surface area contributed by atoms with Gasteiger partial charge in [0.1, 0.15) is 0 Å². The fraction of sp³-hybridized carbons (Fsp3) is 0.750. The molecule has 0 spiro atoms. The predicted molar refractivity (Wildman–Crippen MR) is 65.5 cm³/mol. The number of nitrogens with two attached hydrogens (primary N) is 1. The van der Waals surface area contributed by atoms with Crippen LogP contribution in [0.2, 0.25) is 0 Å². The molecular weight excluding hydrogens is 200 g/mol. The van der Waals surface area contributed by atoms with E-state index in [4.69, 9.17) is 5.73 Å². The number of rotatable bonds is 2. The van der Waals surface area contributed by atoms with Gasteiger partial charge in [-0.25, -0.2) is 4.68 Å². The minimum atomic E-state index is 0.716. The molecule has 1 aliphatic heterocycles. The van der Waals surface area contributed by atoms with Crippen molar-refractivity contribution < 1.29 is 0 Å². The first-order valence-corrected chi connectivity index (χ1v) is 6.30. The molecule has 88 valence electrons. The molecule has 0 radical (unpaired) electrons. The van der Waals surface area contributed by atoms with Gasteiger partial charge in [-0.05, 0) is 39.0 Å². The van der Waals surface area contributed by atoms with Crippen LogP contribution in [0.15, 0.2) is 0 Å². The summed E-state index contributed by atoms with van der Waals surface area (Å²) >= 11 is 0. The van der Waals surface area contributed by atoms with Crippen molar-refractivity contribution in [1.82, 2.24) is 9.78 Å². The van der Waals surface area contributed by atoms with Crippen LogP contribution in [-0.4, -0.2) is 22.4 Å². The highest BCUT2D eigenvalue weighted by atomic mass is 15.4. The van der Waals surface area contributed by atoms with Gasteiger partial charge in [-0.3, -0.25) is 0 Å². The Morgan fingerprint density at radius 3 is 2.81 bits per heavy atom. The van der Waals surface area contributed by atoms with Crippen LogP contribution < -0.4 is 10.6 Å². The molecule has 1 aromatic rings.